The first-order chi connectivity index (χ1) is 22.4. The molecule has 1 rings (SSSR count). The molecule has 0 heterocycles. The third kappa shape index (κ3) is 19.4. The molecule has 6 N–H and O–H groups in total. The molecule has 0 spiro atoms. The molecule has 1 fully saturated rings. The third-order valence-electron chi connectivity index (χ3n) is 8.11. The fourth-order valence-electron chi connectivity index (χ4n) is 5.15. The molecule has 1 saturated carbocycles. The Bertz CT molecular complexity index is 901. The van der Waals surface area contributed by atoms with Crippen molar-refractivity contribution in [2.24, 2.45) is 0 Å². The quantitative estimate of drug-likeness (QED) is 0.0305. The number of rotatable bonds is 27. The van der Waals surface area contributed by atoms with Gasteiger partial charge >= 0.3 is 19.8 Å². The van der Waals surface area contributed by atoms with Crippen molar-refractivity contribution in [2.45, 2.75) is 172 Å². The minimum absolute atomic E-state index is 0.0885. The zero-order valence-electron chi connectivity index (χ0n) is 28.3. The molecule has 14 heteroatoms. The second-order valence-electron chi connectivity index (χ2n) is 12.4. The van der Waals surface area contributed by atoms with E-state index in [0.29, 0.717) is 12.8 Å². The molecule has 0 radical (unpaired) electrons. The Kier molecular flexibility index (Phi) is 23.7. The van der Waals surface area contributed by atoms with Crippen LogP contribution in [0.25, 0.3) is 0 Å². The molecule has 6 atom stereocenters. The summed E-state index contributed by atoms with van der Waals surface area (Å²) >= 11 is 0. The minimum atomic E-state index is -5.10. The van der Waals surface area contributed by atoms with Crippen LogP contribution in [0.1, 0.15) is 129 Å². The van der Waals surface area contributed by atoms with Crippen LogP contribution in [-0.2, 0) is 32.7 Å². The van der Waals surface area contributed by atoms with E-state index >= 15 is 0 Å². The van der Waals surface area contributed by atoms with Gasteiger partial charge in [-0.1, -0.05) is 96.6 Å². The Morgan fingerprint density at radius 1 is 0.638 bits per heavy atom. The molecular formula is C33H61O13P. The van der Waals surface area contributed by atoms with E-state index in [1.165, 1.54) is 19.3 Å². The van der Waals surface area contributed by atoms with Gasteiger partial charge in [-0.3, -0.25) is 18.6 Å². The highest BCUT2D eigenvalue weighted by molar-refractivity contribution is 7.47. The number of unbranched alkanes of at least 4 members (excludes halogenated alkanes) is 13. The summed E-state index contributed by atoms with van der Waals surface area (Å²) in [4.78, 5) is 35.1. The molecule has 0 bridgehead atoms. The summed E-state index contributed by atoms with van der Waals surface area (Å²) in [5, 5.41) is 49.7. The van der Waals surface area contributed by atoms with Crippen molar-refractivity contribution in [1.29, 1.82) is 0 Å². The van der Waals surface area contributed by atoms with Crippen molar-refractivity contribution in [3.63, 3.8) is 0 Å². The highest BCUT2D eigenvalue weighted by Crippen LogP contribution is 2.47. The predicted molar refractivity (Wildman–Crippen MR) is 175 cm³/mol. The van der Waals surface area contributed by atoms with Gasteiger partial charge in [0, 0.05) is 12.8 Å². The van der Waals surface area contributed by atoms with E-state index in [-0.39, 0.29) is 12.8 Å². The van der Waals surface area contributed by atoms with Gasteiger partial charge in [-0.15, -0.1) is 0 Å². The fraction of sp³-hybridized carbons (Fsp3) is 0.879. The van der Waals surface area contributed by atoms with Crippen LogP contribution in [-0.4, -0.2) is 98.3 Å². The lowest BCUT2D eigenvalue weighted by atomic mass is 9.85. The molecule has 0 aromatic heterocycles. The maximum atomic E-state index is 12.7. The van der Waals surface area contributed by atoms with Crippen LogP contribution in [0.5, 0.6) is 0 Å². The summed E-state index contributed by atoms with van der Waals surface area (Å²) in [7, 11) is -5.10. The van der Waals surface area contributed by atoms with Crippen LogP contribution in [0.3, 0.4) is 0 Å². The number of hydrogen-bond acceptors (Lipinski definition) is 12. The number of phosphoric ester groups is 1. The molecule has 6 unspecified atom stereocenters. The Morgan fingerprint density at radius 2 is 1.11 bits per heavy atom. The van der Waals surface area contributed by atoms with Gasteiger partial charge in [0.2, 0.25) is 0 Å². The van der Waals surface area contributed by atoms with Crippen molar-refractivity contribution in [1.82, 2.24) is 0 Å². The van der Waals surface area contributed by atoms with Gasteiger partial charge in [0.1, 0.15) is 43.2 Å². The van der Waals surface area contributed by atoms with Crippen LogP contribution < -0.4 is 0 Å². The first-order valence-corrected chi connectivity index (χ1v) is 19.0. The van der Waals surface area contributed by atoms with Crippen LogP contribution in [0.2, 0.25) is 0 Å². The molecule has 276 valence electrons. The van der Waals surface area contributed by atoms with E-state index in [1.54, 1.807) is 0 Å². The largest absolute Gasteiger partial charge is 0.472 e. The number of aliphatic hydroxyl groups is 5. The number of esters is 2. The molecule has 47 heavy (non-hydrogen) atoms. The topological polar surface area (TPSA) is 210 Å². The normalized spacial score (nSPS) is 25.0. The molecule has 1 aliphatic rings. The number of carbonyl (C=O) groups is 2. The summed E-state index contributed by atoms with van der Waals surface area (Å²) in [6.45, 7) is 3.14. The number of allylic oxidation sites excluding steroid dienone is 2. The summed E-state index contributed by atoms with van der Waals surface area (Å²) in [5.74, 6) is -1.12. The lowest BCUT2D eigenvalue weighted by Gasteiger charge is -2.41. The standard InChI is InChI=1S/C33H61O13P/c1-3-5-7-9-11-12-13-14-16-18-20-22-27(35)45-25(23-43-26(34)21-19-17-15-10-8-6-4-2)24-44-47(41,42)46-33-31(39)29(37)28(36)30(38)32(33)40/h9,11,25,28-33,36-40H,3-8,10,12-24H2,1-2H3,(H,41,42)/b11-9-. The number of phosphoric acid groups is 1. The molecule has 0 saturated heterocycles. The molecule has 1 aliphatic carbocycles. The molecule has 0 aromatic carbocycles. The number of hydrogen-bond donors (Lipinski definition) is 6. The van der Waals surface area contributed by atoms with E-state index in [0.717, 1.165) is 70.6 Å². The highest BCUT2D eigenvalue weighted by atomic mass is 31.2. The van der Waals surface area contributed by atoms with Crippen molar-refractivity contribution in [2.75, 3.05) is 13.2 Å². The lowest BCUT2D eigenvalue weighted by molar-refractivity contribution is -0.220. The second kappa shape index (κ2) is 25.5. The molecular weight excluding hydrogens is 635 g/mol. The van der Waals surface area contributed by atoms with E-state index in [4.69, 9.17) is 18.5 Å². The Balaban J connectivity index is 2.60. The number of aliphatic hydroxyl groups excluding tert-OH is 5. The van der Waals surface area contributed by atoms with Crippen molar-refractivity contribution >= 4 is 19.8 Å². The van der Waals surface area contributed by atoms with Crippen molar-refractivity contribution in [3.05, 3.63) is 12.2 Å². The van der Waals surface area contributed by atoms with Gasteiger partial charge in [-0.25, -0.2) is 4.57 Å². The molecule has 0 aromatic rings. The van der Waals surface area contributed by atoms with E-state index in [2.05, 4.69) is 26.0 Å². The lowest BCUT2D eigenvalue weighted by Crippen LogP contribution is -2.64. The Hall–Kier alpha value is -1.41. The zero-order chi connectivity index (χ0) is 35.1. The van der Waals surface area contributed by atoms with E-state index in [1.807, 2.05) is 0 Å². The molecule has 13 nitrogen and oxygen atoms in total. The van der Waals surface area contributed by atoms with Gasteiger partial charge in [0.15, 0.2) is 6.10 Å². The first kappa shape index (κ1) is 43.6. The monoisotopic (exact) mass is 696 g/mol. The smallest absolute Gasteiger partial charge is 0.462 e. The summed E-state index contributed by atoms with van der Waals surface area (Å²) in [6, 6.07) is 0. The second-order valence-corrected chi connectivity index (χ2v) is 13.8. The highest BCUT2D eigenvalue weighted by Gasteiger charge is 2.51. The summed E-state index contributed by atoms with van der Waals surface area (Å²) in [5.41, 5.74) is 0. The average Bonchev–Trinajstić information content (AvgIpc) is 3.04. The SMILES string of the molecule is CCCC/C=C\CCCCCCCC(=O)OC(COC(=O)CCCCCCCCC)COP(=O)(O)OC1C(O)C(O)C(O)C(O)C1O. The fourth-order valence-corrected chi connectivity index (χ4v) is 6.12. The van der Waals surface area contributed by atoms with Gasteiger partial charge in [-0.2, -0.15) is 0 Å². The minimum Gasteiger partial charge on any atom is -0.462 e. The van der Waals surface area contributed by atoms with Crippen molar-refractivity contribution < 1.29 is 63.1 Å². The van der Waals surface area contributed by atoms with Crippen LogP contribution >= 0.6 is 7.82 Å². The first-order valence-electron chi connectivity index (χ1n) is 17.5. The zero-order valence-corrected chi connectivity index (χ0v) is 29.2. The average molecular weight is 697 g/mol. The maximum Gasteiger partial charge on any atom is 0.472 e. The molecule has 0 aliphatic heterocycles. The van der Waals surface area contributed by atoms with Crippen LogP contribution in [0.4, 0.5) is 0 Å². The van der Waals surface area contributed by atoms with Crippen molar-refractivity contribution in [3.8, 4) is 0 Å². The Labute approximate surface area is 280 Å². The third-order valence-corrected chi connectivity index (χ3v) is 9.09. The Morgan fingerprint density at radius 3 is 1.68 bits per heavy atom. The van der Waals surface area contributed by atoms with Gasteiger partial charge in [0.05, 0.1) is 6.61 Å². The summed E-state index contributed by atoms with van der Waals surface area (Å²) < 4.78 is 33.1. The number of carbonyl (C=O) groups excluding carboxylic acids is 2. The maximum absolute atomic E-state index is 12.7. The van der Waals surface area contributed by atoms with Crippen LogP contribution in [0.15, 0.2) is 12.2 Å². The number of ether oxygens (including phenoxy) is 2. The van der Waals surface area contributed by atoms with Gasteiger partial charge < -0.3 is 39.9 Å². The van der Waals surface area contributed by atoms with Crippen LogP contribution in [0, 0.1) is 0 Å². The molecule has 0 amide bonds. The van der Waals surface area contributed by atoms with E-state index in [9.17, 15) is 44.6 Å². The van der Waals surface area contributed by atoms with E-state index < -0.39 is 75.7 Å². The van der Waals surface area contributed by atoms with Gasteiger partial charge in [-0.05, 0) is 32.1 Å². The van der Waals surface area contributed by atoms with Gasteiger partial charge in [0.25, 0.3) is 0 Å². The summed E-state index contributed by atoms with van der Waals surface area (Å²) in [6.07, 6.45) is 7.62. The predicted octanol–water partition coefficient (Wildman–Crippen LogP) is 4.38.